The van der Waals surface area contributed by atoms with E-state index in [2.05, 4.69) is 36.1 Å². The Balaban J connectivity index is 0.00000128. The van der Waals surface area contributed by atoms with Crippen LogP contribution < -0.4 is 4.90 Å². The third-order valence-electron chi connectivity index (χ3n) is 2.87. The number of thioether (sulfide) groups is 1. The smallest absolute Gasteiger partial charge is 0.0366 e. The molecule has 16 heavy (non-hydrogen) atoms. The van der Waals surface area contributed by atoms with Gasteiger partial charge in [-0.1, -0.05) is 6.92 Å². The monoisotopic (exact) mass is 257 g/mol. The largest absolute Gasteiger partial charge is 0.372 e. The fourth-order valence-electron chi connectivity index (χ4n) is 2.07. The molecule has 0 radical (unpaired) electrons. The van der Waals surface area contributed by atoms with E-state index in [1.165, 1.54) is 42.9 Å². The Kier molecular flexibility index (Phi) is 6.07. The normalized spacial score (nSPS) is 15.7. The molecule has 0 unspecified atom stereocenters. The molecule has 0 aliphatic carbocycles. The molecule has 0 amide bonds. The Morgan fingerprint density at radius 1 is 1.06 bits per heavy atom. The summed E-state index contributed by atoms with van der Waals surface area (Å²) >= 11 is 1.91. The molecule has 0 saturated carbocycles. The number of hydrogen-bond donors (Lipinski definition) is 0. The summed E-state index contributed by atoms with van der Waals surface area (Å²) < 4.78 is 0. The van der Waals surface area contributed by atoms with Crippen LogP contribution in [0, 0.1) is 0 Å². The van der Waals surface area contributed by atoms with Gasteiger partial charge in [0.25, 0.3) is 0 Å². The molecule has 1 aromatic rings. The van der Waals surface area contributed by atoms with Gasteiger partial charge in [-0.15, -0.1) is 24.2 Å². The molecule has 0 aromatic heterocycles. The number of nitrogens with zero attached hydrogens (tertiary/aromatic N) is 1. The zero-order valence-corrected chi connectivity index (χ0v) is 11.4. The standard InChI is InChI=1S/C13H19NS.ClH/c1-2-15-13-8-6-12(7-9-13)14-10-4-3-5-11-14;/h6-9H,2-5,10-11H2,1H3;1H. The minimum absolute atomic E-state index is 0. The summed E-state index contributed by atoms with van der Waals surface area (Å²) in [6.45, 7) is 4.67. The lowest BCUT2D eigenvalue weighted by Crippen LogP contribution is -2.29. The molecule has 1 aliphatic rings. The number of hydrogen-bond acceptors (Lipinski definition) is 2. The Labute approximate surface area is 109 Å². The van der Waals surface area contributed by atoms with Crippen LogP contribution in [0.1, 0.15) is 26.2 Å². The third-order valence-corrected chi connectivity index (χ3v) is 3.76. The van der Waals surface area contributed by atoms with Crippen molar-refractivity contribution < 1.29 is 0 Å². The van der Waals surface area contributed by atoms with Crippen LogP contribution in [0.4, 0.5) is 5.69 Å². The highest BCUT2D eigenvalue weighted by Gasteiger charge is 2.10. The number of anilines is 1. The quantitative estimate of drug-likeness (QED) is 0.747. The van der Waals surface area contributed by atoms with E-state index < -0.39 is 0 Å². The second-order valence-corrected chi connectivity index (χ2v) is 5.31. The summed E-state index contributed by atoms with van der Waals surface area (Å²) in [6.07, 6.45) is 4.11. The summed E-state index contributed by atoms with van der Waals surface area (Å²) in [5, 5.41) is 0. The van der Waals surface area contributed by atoms with Crippen LogP contribution in [0.25, 0.3) is 0 Å². The molecular formula is C13H20ClNS. The van der Waals surface area contributed by atoms with Crippen molar-refractivity contribution in [1.82, 2.24) is 0 Å². The maximum atomic E-state index is 2.50. The first-order valence-electron chi connectivity index (χ1n) is 5.88. The third kappa shape index (κ3) is 3.60. The van der Waals surface area contributed by atoms with Gasteiger partial charge in [-0.25, -0.2) is 0 Å². The lowest BCUT2D eigenvalue weighted by atomic mass is 10.1. The molecular weight excluding hydrogens is 238 g/mol. The summed E-state index contributed by atoms with van der Waals surface area (Å²) in [6, 6.07) is 9.03. The lowest BCUT2D eigenvalue weighted by Gasteiger charge is -2.28. The highest BCUT2D eigenvalue weighted by molar-refractivity contribution is 7.99. The Bertz CT molecular complexity index is 293. The second kappa shape index (κ2) is 7.08. The predicted octanol–water partition coefficient (Wildman–Crippen LogP) is 4.21. The van der Waals surface area contributed by atoms with E-state index in [1.54, 1.807) is 0 Å². The van der Waals surface area contributed by atoms with E-state index in [1.807, 2.05) is 11.8 Å². The van der Waals surface area contributed by atoms with Gasteiger partial charge in [0.05, 0.1) is 0 Å². The molecule has 1 aromatic carbocycles. The van der Waals surface area contributed by atoms with Gasteiger partial charge in [0.15, 0.2) is 0 Å². The first-order chi connectivity index (χ1) is 7.40. The van der Waals surface area contributed by atoms with Gasteiger partial charge < -0.3 is 4.90 Å². The van der Waals surface area contributed by atoms with Crippen molar-refractivity contribution in [3.63, 3.8) is 0 Å². The van der Waals surface area contributed by atoms with Gasteiger partial charge in [-0.3, -0.25) is 0 Å². The van der Waals surface area contributed by atoms with Crippen molar-refractivity contribution in [1.29, 1.82) is 0 Å². The van der Waals surface area contributed by atoms with Crippen molar-refractivity contribution in [2.75, 3.05) is 23.7 Å². The Hall–Kier alpha value is -0.340. The van der Waals surface area contributed by atoms with Crippen molar-refractivity contribution in [2.24, 2.45) is 0 Å². The molecule has 0 bridgehead atoms. The zero-order chi connectivity index (χ0) is 10.5. The Morgan fingerprint density at radius 2 is 1.69 bits per heavy atom. The first kappa shape index (κ1) is 13.7. The number of benzene rings is 1. The fourth-order valence-corrected chi connectivity index (χ4v) is 2.73. The van der Waals surface area contributed by atoms with Crippen LogP contribution >= 0.6 is 24.2 Å². The number of halogens is 1. The molecule has 1 saturated heterocycles. The zero-order valence-electron chi connectivity index (χ0n) is 9.82. The van der Waals surface area contributed by atoms with E-state index in [0.717, 1.165) is 5.75 Å². The molecule has 1 heterocycles. The first-order valence-corrected chi connectivity index (χ1v) is 6.86. The van der Waals surface area contributed by atoms with Gasteiger partial charge >= 0.3 is 0 Å². The van der Waals surface area contributed by atoms with Crippen molar-refractivity contribution >= 4 is 29.9 Å². The molecule has 1 aliphatic heterocycles. The molecule has 1 nitrogen and oxygen atoms in total. The summed E-state index contributed by atoms with van der Waals surface area (Å²) in [5.41, 5.74) is 1.40. The van der Waals surface area contributed by atoms with Crippen molar-refractivity contribution in [3.8, 4) is 0 Å². The maximum Gasteiger partial charge on any atom is 0.0366 e. The van der Waals surface area contributed by atoms with Gasteiger partial charge in [-0.05, 0) is 49.3 Å². The number of rotatable bonds is 3. The average molecular weight is 258 g/mol. The molecule has 3 heteroatoms. The summed E-state index contributed by atoms with van der Waals surface area (Å²) in [7, 11) is 0. The van der Waals surface area contributed by atoms with Crippen molar-refractivity contribution in [3.05, 3.63) is 24.3 Å². The van der Waals surface area contributed by atoms with Gasteiger partial charge in [-0.2, -0.15) is 0 Å². The summed E-state index contributed by atoms with van der Waals surface area (Å²) in [4.78, 5) is 3.89. The van der Waals surface area contributed by atoms with E-state index in [0.29, 0.717) is 0 Å². The van der Waals surface area contributed by atoms with Crippen LogP contribution in [0.5, 0.6) is 0 Å². The lowest BCUT2D eigenvalue weighted by molar-refractivity contribution is 0.578. The van der Waals surface area contributed by atoms with Gasteiger partial charge in [0.1, 0.15) is 0 Å². The minimum Gasteiger partial charge on any atom is -0.372 e. The molecule has 2 rings (SSSR count). The van der Waals surface area contributed by atoms with Crippen LogP contribution in [-0.4, -0.2) is 18.8 Å². The molecule has 0 spiro atoms. The Morgan fingerprint density at radius 3 is 2.25 bits per heavy atom. The van der Waals surface area contributed by atoms with Crippen LogP contribution in [0.15, 0.2) is 29.2 Å². The predicted molar refractivity (Wildman–Crippen MR) is 76.2 cm³/mol. The van der Waals surface area contributed by atoms with Crippen LogP contribution in [-0.2, 0) is 0 Å². The highest BCUT2D eigenvalue weighted by atomic mass is 35.5. The van der Waals surface area contributed by atoms with Gasteiger partial charge in [0.2, 0.25) is 0 Å². The highest BCUT2D eigenvalue weighted by Crippen LogP contribution is 2.24. The molecule has 90 valence electrons. The summed E-state index contributed by atoms with van der Waals surface area (Å²) in [5.74, 6) is 1.16. The molecule has 0 atom stereocenters. The second-order valence-electron chi connectivity index (χ2n) is 3.97. The maximum absolute atomic E-state index is 2.50. The SMILES string of the molecule is CCSc1ccc(N2CCCCC2)cc1.Cl. The number of piperidine rings is 1. The van der Waals surface area contributed by atoms with Crippen LogP contribution in [0.2, 0.25) is 0 Å². The van der Waals surface area contributed by atoms with Crippen LogP contribution in [0.3, 0.4) is 0 Å². The van der Waals surface area contributed by atoms with E-state index in [4.69, 9.17) is 0 Å². The minimum atomic E-state index is 0. The average Bonchev–Trinajstić information content (AvgIpc) is 2.32. The van der Waals surface area contributed by atoms with E-state index in [-0.39, 0.29) is 12.4 Å². The van der Waals surface area contributed by atoms with Crippen molar-refractivity contribution in [2.45, 2.75) is 31.1 Å². The topological polar surface area (TPSA) is 3.24 Å². The van der Waals surface area contributed by atoms with E-state index in [9.17, 15) is 0 Å². The molecule has 0 N–H and O–H groups in total. The van der Waals surface area contributed by atoms with Gasteiger partial charge in [0, 0.05) is 23.7 Å². The molecule has 1 fully saturated rings. The van der Waals surface area contributed by atoms with E-state index >= 15 is 0 Å². The fraction of sp³-hybridized carbons (Fsp3) is 0.538.